The van der Waals surface area contributed by atoms with Crippen LogP contribution >= 0.6 is 0 Å². The highest BCUT2D eigenvalue weighted by atomic mass is 28.2. The van der Waals surface area contributed by atoms with E-state index in [0.717, 1.165) is 5.56 Å². The molecule has 0 fully saturated rings. The van der Waals surface area contributed by atoms with Crippen molar-refractivity contribution in [2.45, 2.75) is 6.04 Å². The van der Waals surface area contributed by atoms with Crippen molar-refractivity contribution in [1.82, 2.24) is 0 Å². The average molecular weight is 208 g/mol. The molecule has 0 aliphatic carbocycles. The molecule has 0 unspecified atom stereocenters. The summed E-state index contributed by atoms with van der Waals surface area (Å²) >= 11 is 0. The topological polar surface area (TPSA) is 63.6 Å². The second-order valence-electron chi connectivity index (χ2n) is 2.50. The molecule has 0 aliphatic rings. The van der Waals surface area contributed by atoms with Crippen LogP contribution in [0.3, 0.4) is 0 Å². The third kappa shape index (κ3) is 3.40. The van der Waals surface area contributed by atoms with Gasteiger partial charge in [-0.25, -0.2) is 9.59 Å². The monoisotopic (exact) mass is 208 g/mol. The first-order chi connectivity index (χ1) is 6.70. The van der Waals surface area contributed by atoms with Crippen molar-refractivity contribution in [1.29, 1.82) is 0 Å². The van der Waals surface area contributed by atoms with E-state index in [9.17, 15) is 9.59 Å². The first-order valence-corrected chi connectivity index (χ1v) is 5.02. The van der Waals surface area contributed by atoms with Crippen LogP contribution < -0.4 is 0 Å². The minimum atomic E-state index is -1.55. The van der Waals surface area contributed by atoms with Gasteiger partial charge in [-0.15, -0.1) is 0 Å². The van der Waals surface area contributed by atoms with Crippen molar-refractivity contribution in [3.05, 3.63) is 35.9 Å². The molecule has 1 rings (SSSR count). The number of aliphatic carboxylic acids is 1. The lowest BCUT2D eigenvalue weighted by Gasteiger charge is -1.99. The second-order valence-corrected chi connectivity index (χ2v) is 3.35. The Labute approximate surface area is 83.5 Å². The highest BCUT2D eigenvalue weighted by Gasteiger charge is 2.12. The molecule has 1 N–H and O–H groups in total. The standard InChI is InChI=1S/C9H8O4Si/c10-8(11)9(12)13-14-6-7-4-2-1-3-5-7/h1-5H,6H2,(H,10,11). The van der Waals surface area contributed by atoms with Gasteiger partial charge in [0.2, 0.25) is 0 Å². The third-order valence-electron chi connectivity index (χ3n) is 1.46. The molecule has 14 heavy (non-hydrogen) atoms. The van der Waals surface area contributed by atoms with Crippen molar-refractivity contribution in [3.63, 3.8) is 0 Å². The quantitative estimate of drug-likeness (QED) is 0.578. The number of carbonyl (C=O) groups excluding carboxylic acids is 1. The number of rotatable bonds is 3. The summed E-state index contributed by atoms with van der Waals surface area (Å²) in [5.74, 6) is -2.75. The van der Waals surface area contributed by atoms with E-state index in [1.807, 2.05) is 30.3 Å². The molecule has 0 bridgehead atoms. The normalized spacial score (nSPS) is 9.43. The van der Waals surface area contributed by atoms with Crippen LogP contribution in [0.15, 0.2) is 30.3 Å². The van der Waals surface area contributed by atoms with Gasteiger partial charge in [-0.1, -0.05) is 30.3 Å². The molecule has 0 spiro atoms. The Hall–Kier alpha value is -1.62. The Morgan fingerprint density at radius 1 is 1.29 bits per heavy atom. The molecule has 0 heterocycles. The van der Waals surface area contributed by atoms with Gasteiger partial charge in [-0.3, -0.25) is 0 Å². The van der Waals surface area contributed by atoms with E-state index in [1.54, 1.807) is 0 Å². The fourth-order valence-electron chi connectivity index (χ4n) is 0.824. The molecule has 5 heteroatoms. The minimum Gasteiger partial charge on any atom is -0.508 e. The number of hydrogen-bond donors (Lipinski definition) is 1. The fourth-order valence-corrected chi connectivity index (χ4v) is 1.52. The Balaban J connectivity index is 2.29. The molecule has 0 saturated carbocycles. The maximum absolute atomic E-state index is 10.5. The summed E-state index contributed by atoms with van der Waals surface area (Å²) in [6.45, 7) is 0. The Kier molecular flexibility index (Phi) is 3.87. The van der Waals surface area contributed by atoms with Gasteiger partial charge in [-0.2, -0.15) is 0 Å². The highest BCUT2D eigenvalue weighted by molar-refractivity contribution is 6.39. The molecule has 1 aromatic carbocycles. The largest absolute Gasteiger partial charge is 0.508 e. The number of benzene rings is 1. The lowest BCUT2D eigenvalue weighted by Crippen LogP contribution is -2.19. The average Bonchev–Trinajstić information content (AvgIpc) is 2.19. The number of hydrogen-bond acceptors (Lipinski definition) is 3. The minimum absolute atomic E-state index is 0.148. The first-order valence-electron chi connectivity index (χ1n) is 3.91. The van der Waals surface area contributed by atoms with E-state index in [4.69, 9.17) is 5.11 Å². The molecule has 0 aromatic heterocycles. The van der Waals surface area contributed by atoms with Crippen molar-refractivity contribution in [2.24, 2.45) is 0 Å². The van der Waals surface area contributed by atoms with Crippen molar-refractivity contribution < 1.29 is 19.1 Å². The molecule has 1 aromatic rings. The maximum atomic E-state index is 10.5. The third-order valence-corrected chi connectivity index (χ3v) is 2.34. The van der Waals surface area contributed by atoms with Gasteiger partial charge in [0.15, 0.2) is 0 Å². The maximum Gasteiger partial charge on any atom is 0.413 e. The molecule has 4 nitrogen and oxygen atoms in total. The lowest BCUT2D eigenvalue weighted by molar-refractivity contribution is -0.158. The number of carbonyl (C=O) groups is 2. The van der Waals surface area contributed by atoms with Crippen molar-refractivity contribution in [2.75, 3.05) is 0 Å². The molecule has 2 radical (unpaired) electrons. The molecular weight excluding hydrogens is 200 g/mol. The molecular formula is C9H8O4Si. The zero-order valence-corrected chi connectivity index (χ0v) is 8.27. The zero-order chi connectivity index (χ0) is 10.4. The van der Waals surface area contributed by atoms with Crippen molar-refractivity contribution in [3.8, 4) is 0 Å². The first kappa shape index (κ1) is 10.5. The summed E-state index contributed by atoms with van der Waals surface area (Å²) in [7, 11) is -0.148. The Morgan fingerprint density at radius 3 is 2.50 bits per heavy atom. The van der Waals surface area contributed by atoms with E-state index in [-0.39, 0.29) is 9.76 Å². The van der Waals surface area contributed by atoms with E-state index >= 15 is 0 Å². The fraction of sp³-hybridized carbons (Fsp3) is 0.111. The number of carboxylic acid groups (broad SMARTS) is 1. The van der Waals surface area contributed by atoms with E-state index in [2.05, 4.69) is 4.43 Å². The van der Waals surface area contributed by atoms with E-state index in [1.165, 1.54) is 0 Å². The molecule has 0 amide bonds. The van der Waals surface area contributed by atoms with E-state index < -0.39 is 11.9 Å². The summed E-state index contributed by atoms with van der Waals surface area (Å²) in [5.41, 5.74) is 1.02. The zero-order valence-electron chi connectivity index (χ0n) is 7.27. The SMILES string of the molecule is O=C(O)C(=O)O[Si]Cc1ccccc1. The summed E-state index contributed by atoms with van der Waals surface area (Å²) in [6, 6.07) is 9.97. The second kappa shape index (κ2) is 5.18. The van der Waals surface area contributed by atoms with Crippen LogP contribution in [0.2, 0.25) is 0 Å². The van der Waals surface area contributed by atoms with Crippen LogP contribution in [0.4, 0.5) is 0 Å². The van der Waals surface area contributed by atoms with Gasteiger partial charge in [0, 0.05) is 6.04 Å². The van der Waals surface area contributed by atoms with Crippen molar-refractivity contribution >= 4 is 21.7 Å². The van der Waals surface area contributed by atoms with E-state index in [0.29, 0.717) is 6.04 Å². The smallest absolute Gasteiger partial charge is 0.413 e. The predicted octanol–water partition coefficient (Wildman–Crippen LogP) is 0.434. The van der Waals surface area contributed by atoms with Crippen LogP contribution in [0, 0.1) is 0 Å². The Bertz CT molecular complexity index is 323. The van der Waals surface area contributed by atoms with Crippen LogP contribution in [-0.4, -0.2) is 26.8 Å². The van der Waals surface area contributed by atoms with Crippen LogP contribution in [0.25, 0.3) is 0 Å². The summed E-state index contributed by atoms with van der Waals surface area (Å²) in [4.78, 5) is 20.6. The van der Waals surface area contributed by atoms with Gasteiger partial charge >= 0.3 is 21.7 Å². The van der Waals surface area contributed by atoms with Crippen LogP contribution in [-0.2, 0) is 20.1 Å². The van der Waals surface area contributed by atoms with Gasteiger partial charge in [-0.05, 0) is 5.56 Å². The number of carboxylic acids is 1. The van der Waals surface area contributed by atoms with Crippen LogP contribution in [0.1, 0.15) is 5.56 Å². The molecule has 0 aliphatic heterocycles. The van der Waals surface area contributed by atoms with Gasteiger partial charge in [0.1, 0.15) is 0 Å². The highest BCUT2D eigenvalue weighted by Crippen LogP contribution is 1.98. The molecule has 0 atom stereocenters. The van der Waals surface area contributed by atoms with Gasteiger partial charge in [0.25, 0.3) is 0 Å². The molecule has 0 saturated heterocycles. The molecule has 72 valence electrons. The summed E-state index contributed by atoms with van der Waals surface area (Å²) in [5, 5.41) is 8.21. The van der Waals surface area contributed by atoms with Crippen LogP contribution in [0.5, 0.6) is 0 Å². The lowest BCUT2D eigenvalue weighted by atomic mass is 10.2. The summed E-state index contributed by atoms with van der Waals surface area (Å²) in [6.07, 6.45) is 0. The Morgan fingerprint density at radius 2 is 1.93 bits per heavy atom. The van der Waals surface area contributed by atoms with Gasteiger partial charge in [0.05, 0.1) is 0 Å². The van der Waals surface area contributed by atoms with Gasteiger partial charge < -0.3 is 9.53 Å². The predicted molar refractivity (Wildman–Crippen MR) is 49.6 cm³/mol. The summed E-state index contributed by atoms with van der Waals surface area (Å²) < 4.78 is 4.50.